The zero-order chi connectivity index (χ0) is 28.8. The average molecular weight is 570 g/mol. The van der Waals surface area contributed by atoms with Crippen molar-refractivity contribution in [3.05, 3.63) is 77.9 Å². The van der Waals surface area contributed by atoms with Gasteiger partial charge in [0.1, 0.15) is 11.9 Å². The van der Waals surface area contributed by atoms with Gasteiger partial charge < -0.3 is 9.84 Å². The number of nitrogens with zero attached hydrogens (tertiary/aromatic N) is 1. The highest BCUT2D eigenvalue weighted by Gasteiger charge is 2.40. The maximum absolute atomic E-state index is 13.8. The van der Waals surface area contributed by atoms with Gasteiger partial charge in [0.05, 0.1) is 28.1 Å². The molecule has 12 heteroatoms. The van der Waals surface area contributed by atoms with E-state index in [0.717, 1.165) is 22.5 Å². The maximum atomic E-state index is 13.8. The summed E-state index contributed by atoms with van der Waals surface area (Å²) in [5, 5.41) is 9.55. The van der Waals surface area contributed by atoms with E-state index in [2.05, 4.69) is 0 Å². The van der Waals surface area contributed by atoms with E-state index in [0.29, 0.717) is 17.2 Å². The number of carboxylic acid groups (broad SMARTS) is 1. The second-order valence-electron chi connectivity index (χ2n) is 9.80. The van der Waals surface area contributed by atoms with Crippen molar-refractivity contribution < 1.29 is 45.0 Å². The Hall–Kier alpha value is -3.67. The van der Waals surface area contributed by atoms with Crippen molar-refractivity contribution >= 4 is 21.7 Å². The highest BCUT2D eigenvalue weighted by Crippen LogP contribution is 2.42. The first kappa shape index (κ1) is 28.3. The summed E-state index contributed by atoms with van der Waals surface area (Å²) in [6.07, 6.45) is -8.57. The number of ether oxygens (including phenoxy) is 1. The molecule has 0 saturated carbocycles. The zero-order valence-electron chi connectivity index (χ0n) is 20.7. The molecular weight excluding hydrogens is 545 g/mol. The van der Waals surface area contributed by atoms with E-state index in [1.807, 2.05) is 0 Å². The van der Waals surface area contributed by atoms with Gasteiger partial charge in [-0.2, -0.15) is 13.2 Å². The van der Waals surface area contributed by atoms with Crippen LogP contribution in [0.4, 0.5) is 27.6 Å². The topological polar surface area (TPSA) is 83.9 Å². The Morgan fingerprint density at radius 3 is 2.33 bits per heavy atom. The van der Waals surface area contributed by atoms with E-state index < -0.39 is 50.6 Å². The Balaban J connectivity index is 1.84. The number of hydrogen-bond donors (Lipinski definition) is 1. The van der Waals surface area contributed by atoms with E-state index in [1.165, 1.54) is 50.2 Å². The Labute approximate surface area is 221 Å². The van der Waals surface area contributed by atoms with E-state index in [9.17, 15) is 40.3 Å². The monoisotopic (exact) mass is 569 g/mol. The third-order valence-electron chi connectivity index (χ3n) is 6.43. The number of aliphatic carboxylic acids is 1. The molecule has 0 fully saturated rings. The summed E-state index contributed by atoms with van der Waals surface area (Å²) in [6.45, 7) is 2.50. The number of hydrogen-bond acceptors (Lipinski definition) is 4. The highest BCUT2D eigenvalue weighted by atomic mass is 32.2. The lowest BCUT2D eigenvalue weighted by molar-refractivity contribution is -0.148. The lowest BCUT2D eigenvalue weighted by Gasteiger charge is -2.38. The molecule has 0 aromatic heterocycles. The third kappa shape index (κ3) is 5.85. The second kappa shape index (κ2) is 10.1. The van der Waals surface area contributed by atoms with Crippen molar-refractivity contribution in [2.24, 2.45) is 5.41 Å². The molecule has 1 atom stereocenters. The smallest absolute Gasteiger partial charge is 0.416 e. The SMILES string of the molecule is CC(C)(CC1CN(S(=O)(=O)c2cccc(C(F)(F)F)c2)c2cc(-c3cccc(C(F)F)c3)ccc2O1)C(=O)O. The number of sulfonamides is 1. The standard InChI is InChI=1S/C27H24F5NO5S/c1-26(2,25(34)35)14-20-15-33(39(36,37)21-8-4-7-19(13-21)27(30,31)32)22-12-17(9-10-23(22)38-20)16-5-3-6-18(11-16)24(28)29/h3-13,20,24H,14-15H2,1-2H3,(H,34,35). The van der Waals surface area contributed by atoms with Crippen LogP contribution in [0.1, 0.15) is 37.8 Å². The zero-order valence-corrected chi connectivity index (χ0v) is 21.6. The predicted octanol–water partition coefficient (Wildman–Crippen LogP) is 6.77. The van der Waals surface area contributed by atoms with Crippen LogP contribution in [0.3, 0.4) is 0 Å². The maximum Gasteiger partial charge on any atom is 0.416 e. The van der Waals surface area contributed by atoms with Gasteiger partial charge in [-0.3, -0.25) is 9.10 Å². The van der Waals surface area contributed by atoms with Crippen LogP contribution in [0, 0.1) is 5.41 Å². The van der Waals surface area contributed by atoms with Crippen LogP contribution in [-0.4, -0.2) is 32.1 Å². The van der Waals surface area contributed by atoms with E-state index in [4.69, 9.17) is 4.74 Å². The molecule has 3 aromatic carbocycles. The van der Waals surface area contributed by atoms with Gasteiger partial charge in [-0.25, -0.2) is 17.2 Å². The summed E-state index contributed by atoms with van der Waals surface area (Å²) in [6, 6.07) is 13.1. The molecule has 1 aliphatic heterocycles. The summed E-state index contributed by atoms with van der Waals surface area (Å²) in [7, 11) is -4.60. The molecule has 0 spiro atoms. The average Bonchev–Trinajstić information content (AvgIpc) is 2.87. The molecule has 208 valence electrons. The first-order valence-electron chi connectivity index (χ1n) is 11.7. The van der Waals surface area contributed by atoms with Crippen LogP contribution in [0.25, 0.3) is 11.1 Å². The third-order valence-corrected chi connectivity index (χ3v) is 8.20. The van der Waals surface area contributed by atoms with E-state index in [1.54, 1.807) is 6.07 Å². The fraction of sp³-hybridized carbons (Fsp3) is 0.296. The number of carboxylic acids is 1. The van der Waals surface area contributed by atoms with Gasteiger partial charge >= 0.3 is 12.1 Å². The first-order chi connectivity index (χ1) is 18.1. The molecule has 1 heterocycles. The van der Waals surface area contributed by atoms with Crippen LogP contribution < -0.4 is 9.04 Å². The molecule has 0 bridgehead atoms. The molecule has 4 rings (SSSR count). The minimum absolute atomic E-state index is 0.0169. The Kier molecular flexibility index (Phi) is 7.37. The molecular formula is C27H24F5NO5S. The van der Waals surface area contributed by atoms with Crippen LogP contribution in [0.2, 0.25) is 0 Å². The Morgan fingerprint density at radius 2 is 1.69 bits per heavy atom. The Bertz CT molecular complexity index is 1500. The van der Waals surface area contributed by atoms with Gasteiger partial charge in [-0.15, -0.1) is 0 Å². The first-order valence-corrected chi connectivity index (χ1v) is 13.2. The van der Waals surface area contributed by atoms with Crippen molar-refractivity contribution in [3.8, 4) is 16.9 Å². The molecule has 1 aliphatic rings. The Morgan fingerprint density at radius 1 is 1.03 bits per heavy atom. The number of halogens is 5. The van der Waals surface area contributed by atoms with Gasteiger partial charge in [0.2, 0.25) is 0 Å². The lowest BCUT2D eigenvalue weighted by atomic mass is 9.86. The van der Waals surface area contributed by atoms with Gasteiger partial charge in [-0.05, 0) is 61.4 Å². The molecule has 0 aliphatic carbocycles. The highest BCUT2D eigenvalue weighted by molar-refractivity contribution is 7.92. The number of benzene rings is 3. The summed E-state index contributed by atoms with van der Waals surface area (Å²) in [4.78, 5) is 11.1. The fourth-order valence-electron chi connectivity index (χ4n) is 4.30. The summed E-state index contributed by atoms with van der Waals surface area (Å²) in [5.41, 5.74) is -1.99. The molecule has 3 aromatic rings. The number of anilines is 1. The molecule has 0 amide bonds. The lowest BCUT2D eigenvalue weighted by Crippen LogP contribution is -2.46. The second-order valence-corrected chi connectivity index (χ2v) is 11.7. The van der Waals surface area contributed by atoms with Crippen LogP contribution in [-0.2, 0) is 21.0 Å². The van der Waals surface area contributed by atoms with Gasteiger partial charge in [0.15, 0.2) is 0 Å². The van der Waals surface area contributed by atoms with Crippen LogP contribution in [0.5, 0.6) is 5.75 Å². The van der Waals surface area contributed by atoms with Crippen molar-refractivity contribution in [1.29, 1.82) is 0 Å². The minimum atomic E-state index is -4.79. The van der Waals surface area contributed by atoms with Gasteiger partial charge in [-0.1, -0.05) is 30.3 Å². The van der Waals surface area contributed by atoms with Crippen LogP contribution in [0.15, 0.2) is 71.6 Å². The summed E-state index contributed by atoms with van der Waals surface area (Å²) >= 11 is 0. The summed E-state index contributed by atoms with van der Waals surface area (Å²) in [5.74, 6) is -1.09. The molecule has 39 heavy (non-hydrogen) atoms. The van der Waals surface area contributed by atoms with Crippen molar-refractivity contribution in [1.82, 2.24) is 0 Å². The molecule has 0 radical (unpaired) electrons. The molecule has 1 unspecified atom stereocenters. The van der Waals surface area contributed by atoms with Crippen molar-refractivity contribution in [2.75, 3.05) is 10.8 Å². The summed E-state index contributed by atoms with van der Waals surface area (Å²) < 4.78 is 101. The number of alkyl halides is 5. The normalized spacial score (nSPS) is 16.1. The van der Waals surface area contributed by atoms with E-state index >= 15 is 0 Å². The van der Waals surface area contributed by atoms with Gasteiger partial charge in [0.25, 0.3) is 16.4 Å². The predicted molar refractivity (Wildman–Crippen MR) is 133 cm³/mol. The number of rotatable bonds is 7. The quantitative estimate of drug-likeness (QED) is 0.318. The fourth-order valence-corrected chi connectivity index (χ4v) is 5.84. The molecule has 6 nitrogen and oxygen atoms in total. The minimum Gasteiger partial charge on any atom is -0.486 e. The number of carbonyl (C=O) groups is 1. The largest absolute Gasteiger partial charge is 0.486 e. The van der Waals surface area contributed by atoms with Gasteiger partial charge in [0, 0.05) is 12.0 Å². The van der Waals surface area contributed by atoms with Crippen molar-refractivity contribution in [2.45, 2.75) is 43.9 Å². The van der Waals surface area contributed by atoms with Crippen molar-refractivity contribution in [3.63, 3.8) is 0 Å². The molecule has 0 saturated heterocycles. The van der Waals surface area contributed by atoms with Crippen LogP contribution >= 0.6 is 0 Å². The number of fused-ring (bicyclic) bond motifs is 1. The van der Waals surface area contributed by atoms with E-state index in [-0.39, 0.29) is 30.0 Å². The molecule has 1 N–H and O–H groups in total.